The van der Waals surface area contributed by atoms with E-state index in [-0.39, 0.29) is 0 Å². The number of halogens is 1. The number of rotatable bonds is 9. The van der Waals surface area contributed by atoms with Gasteiger partial charge in [0.25, 0.3) is 0 Å². The topological polar surface area (TPSA) is 71.5 Å². The van der Waals surface area contributed by atoms with Crippen molar-refractivity contribution in [3.63, 3.8) is 0 Å². The van der Waals surface area contributed by atoms with Gasteiger partial charge in [0.15, 0.2) is 0 Å². The van der Waals surface area contributed by atoms with E-state index in [0.717, 1.165) is 74.3 Å². The number of nitrogens with one attached hydrogen (secondary N) is 2. The van der Waals surface area contributed by atoms with Crippen molar-refractivity contribution in [2.75, 3.05) is 51.8 Å². The Balaban J connectivity index is 1.32. The van der Waals surface area contributed by atoms with Gasteiger partial charge in [0, 0.05) is 37.6 Å². The molecule has 7 nitrogen and oxygen atoms in total. The molecule has 1 aliphatic heterocycles. The number of aromatic nitrogens is 2. The number of fused-ring (bicyclic) bond motifs is 3. The number of ether oxygens (including phenoxy) is 2. The molecule has 34 heavy (non-hydrogen) atoms. The van der Waals surface area contributed by atoms with Crippen LogP contribution in [0, 0.1) is 0 Å². The molecule has 3 heterocycles. The molecule has 2 N–H and O–H groups in total. The van der Waals surface area contributed by atoms with Gasteiger partial charge in [0.1, 0.15) is 22.2 Å². The molecule has 3 aromatic rings. The molecule has 1 aromatic carbocycles. The van der Waals surface area contributed by atoms with Crippen molar-refractivity contribution in [1.29, 1.82) is 0 Å². The summed E-state index contributed by atoms with van der Waals surface area (Å²) in [5.74, 6) is 2.46. The van der Waals surface area contributed by atoms with Crippen LogP contribution in [0.15, 0.2) is 18.2 Å². The Hall–Kier alpha value is -1.97. The monoisotopic (exact) mass is 501 g/mol. The van der Waals surface area contributed by atoms with Crippen LogP contribution in [0.1, 0.15) is 34.7 Å². The molecule has 2 aliphatic rings. The minimum Gasteiger partial charge on any atom is -0.495 e. The Labute approximate surface area is 209 Å². The van der Waals surface area contributed by atoms with Crippen LogP contribution in [0.2, 0.25) is 5.02 Å². The summed E-state index contributed by atoms with van der Waals surface area (Å²) in [5.41, 5.74) is 2.53. The zero-order chi connectivity index (χ0) is 23.3. The first-order valence-electron chi connectivity index (χ1n) is 12.1. The highest BCUT2D eigenvalue weighted by atomic mass is 35.5. The third-order valence-electron chi connectivity index (χ3n) is 6.53. The number of thiophene rings is 1. The van der Waals surface area contributed by atoms with Crippen molar-refractivity contribution in [3.05, 3.63) is 45.1 Å². The fourth-order valence-corrected chi connectivity index (χ4v) is 6.24. The second-order valence-electron chi connectivity index (χ2n) is 8.83. The molecule has 0 bridgehead atoms. The summed E-state index contributed by atoms with van der Waals surface area (Å²) in [6.45, 7) is 6.91. The van der Waals surface area contributed by atoms with Crippen LogP contribution < -0.4 is 15.4 Å². The number of hydrogen-bond acceptors (Lipinski definition) is 8. The number of aryl methyl sites for hydroxylation is 2. The van der Waals surface area contributed by atoms with Gasteiger partial charge in [-0.2, -0.15) is 0 Å². The molecule has 2 aromatic heterocycles. The SMILES string of the molecule is COc1ccc(CNc2nc(CNCCN3CCOCC3)nc3sc4c(c23)CCCC4)cc1Cl. The largest absolute Gasteiger partial charge is 0.495 e. The molecular formula is C25H32ClN5O2S. The fraction of sp³-hybridized carbons (Fsp3) is 0.520. The third kappa shape index (κ3) is 5.47. The van der Waals surface area contributed by atoms with E-state index in [9.17, 15) is 0 Å². The molecule has 1 fully saturated rings. The predicted octanol–water partition coefficient (Wildman–Crippen LogP) is 4.27. The van der Waals surface area contributed by atoms with E-state index in [1.807, 2.05) is 29.5 Å². The van der Waals surface area contributed by atoms with E-state index >= 15 is 0 Å². The smallest absolute Gasteiger partial charge is 0.146 e. The molecule has 9 heteroatoms. The summed E-state index contributed by atoms with van der Waals surface area (Å²) in [5, 5.41) is 8.95. The van der Waals surface area contributed by atoms with E-state index in [1.54, 1.807) is 7.11 Å². The van der Waals surface area contributed by atoms with E-state index < -0.39 is 0 Å². The average Bonchev–Trinajstić information content (AvgIpc) is 3.24. The molecule has 0 radical (unpaired) electrons. The molecule has 0 saturated carbocycles. The van der Waals surface area contributed by atoms with Gasteiger partial charge in [-0.1, -0.05) is 17.7 Å². The van der Waals surface area contributed by atoms with Gasteiger partial charge in [0.05, 0.1) is 37.3 Å². The molecule has 0 spiro atoms. The van der Waals surface area contributed by atoms with Gasteiger partial charge < -0.3 is 20.1 Å². The van der Waals surface area contributed by atoms with Crippen LogP contribution in [0.4, 0.5) is 5.82 Å². The van der Waals surface area contributed by atoms with Gasteiger partial charge >= 0.3 is 0 Å². The maximum absolute atomic E-state index is 6.34. The van der Waals surface area contributed by atoms with E-state index in [0.29, 0.717) is 23.9 Å². The predicted molar refractivity (Wildman–Crippen MR) is 138 cm³/mol. The van der Waals surface area contributed by atoms with Crippen molar-refractivity contribution in [2.24, 2.45) is 0 Å². The van der Waals surface area contributed by atoms with E-state index in [1.165, 1.54) is 28.7 Å². The highest BCUT2D eigenvalue weighted by molar-refractivity contribution is 7.19. The number of morpholine rings is 1. The Bertz CT molecular complexity index is 1130. The highest BCUT2D eigenvalue weighted by Gasteiger charge is 2.21. The third-order valence-corrected chi connectivity index (χ3v) is 8.01. The highest BCUT2D eigenvalue weighted by Crippen LogP contribution is 2.38. The van der Waals surface area contributed by atoms with Crippen molar-refractivity contribution in [2.45, 2.75) is 38.8 Å². The lowest BCUT2D eigenvalue weighted by molar-refractivity contribution is 0.0384. The van der Waals surface area contributed by atoms with Gasteiger partial charge in [0.2, 0.25) is 0 Å². The zero-order valence-corrected chi connectivity index (χ0v) is 21.2. The van der Waals surface area contributed by atoms with Crippen molar-refractivity contribution >= 4 is 39.0 Å². The number of hydrogen-bond donors (Lipinski definition) is 2. The van der Waals surface area contributed by atoms with Crippen LogP contribution >= 0.6 is 22.9 Å². The minimum absolute atomic E-state index is 0.618. The molecule has 0 atom stereocenters. The summed E-state index contributed by atoms with van der Waals surface area (Å²) < 4.78 is 10.7. The molecule has 0 unspecified atom stereocenters. The van der Waals surface area contributed by atoms with Gasteiger partial charge in [-0.25, -0.2) is 9.97 Å². The van der Waals surface area contributed by atoms with Gasteiger partial charge in [-0.05, 0) is 48.9 Å². The van der Waals surface area contributed by atoms with E-state index in [4.69, 9.17) is 31.0 Å². The van der Waals surface area contributed by atoms with E-state index in [2.05, 4.69) is 15.5 Å². The van der Waals surface area contributed by atoms with Crippen LogP contribution in [0.3, 0.4) is 0 Å². The summed E-state index contributed by atoms with van der Waals surface area (Å²) in [6.07, 6.45) is 4.75. The normalized spacial score (nSPS) is 16.5. The first kappa shape index (κ1) is 23.8. The molecule has 0 amide bonds. The maximum atomic E-state index is 6.34. The molecule has 182 valence electrons. The van der Waals surface area contributed by atoms with Gasteiger partial charge in [-0.3, -0.25) is 4.90 Å². The summed E-state index contributed by atoms with van der Waals surface area (Å²) in [7, 11) is 1.63. The summed E-state index contributed by atoms with van der Waals surface area (Å²) in [4.78, 5) is 14.9. The van der Waals surface area contributed by atoms with Gasteiger partial charge in [-0.15, -0.1) is 11.3 Å². The number of benzene rings is 1. The number of methoxy groups -OCH3 is 1. The summed E-state index contributed by atoms with van der Waals surface area (Å²) >= 11 is 8.18. The van der Waals surface area contributed by atoms with Crippen molar-refractivity contribution in [3.8, 4) is 5.75 Å². The molecule has 1 saturated heterocycles. The standard InChI is InChI=1S/C25H32ClN5O2S/c1-32-20-7-6-17(14-19(20)26)15-28-24-23-18-4-2-3-5-21(18)34-25(23)30-22(29-24)16-27-8-9-31-10-12-33-13-11-31/h6-7,14,27H,2-5,8-13,15-16H2,1H3,(H,28,29,30). The van der Waals surface area contributed by atoms with Crippen molar-refractivity contribution in [1.82, 2.24) is 20.2 Å². The minimum atomic E-state index is 0.618. The quantitative estimate of drug-likeness (QED) is 0.424. The second kappa shape index (κ2) is 11.2. The van der Waals surface area contributed by atoms with Crippen molar-refractivity contribution < 1.29 is 9.47 Å². The Morgan fingerprint density at radius 3 is 2.82 bits per heavy atom. The zero-order valence-electron chi connectivity index (χ0n) is 19.7. The Morgan fingerprint density at radius 1 is 1.15 bits per heavy atom. The molecular weight excluding hydrogens is 470 g/mol. The Kier molecular flexibility index (Phi) is 7.81. The lowest BCUT2D eigenvalue weighted by atomic mass is 9.97. The first-order valence-corrected chi connectivity index (χ1v) is 13.3. The van der Waals surface area contributed by atoms with Crippen LogP contribution in [0.25, 0.3) is 10.2 Å². The molecule has 1 aliphatic carbocycles. The van der Waals surface area contributed by atoms with Crippen LogP contribution in [0.5, 0.6) is 5.75 Å². The average molecular weight is 502 g/mol. The number of anilines is 1. The lowest BCUT2D eigenvalue weighted by Gasteiger charge is -2.26. The fourth-order valence-electron chi connectivity index (χ4n) is 4.68. The second-order valence-corrected chi connectivity index (χ2v) is 10.3. The molecule has 5 rings (SSSR count). The Morgan fingerprint density at radius 2 is 2.00 bits per heavy atom. The lowest BCUT2D eigenvalue weighted by Crippen LogP contribution is -2.40. The maximum Gasteiger partial charge on any atom is 0.146 e. The first-order chi connectivity index (χ1) is 16.7. The summed E-state index contributed by atoms with van der Waals surface area (Å²) in [6, 6.07) is 5.89. The number of nitrogens with zero attached hydrogens (tertiary/aromatic N) is 3. The van der Waals surface area contributed by atoms with Crippen LogP contribution in [-0.2, 0) is 30.7 Å². The van der Waals surface area contributed by atoms with Crippen LogP contribution in [-0.4, -0.2) is 61.4 Å².